The summed E-state index contributed by atoms with van der Waals surface area (Å²) in [5, 5.41) is 2.69. The lowest BCUT2D eigenvalue weighted by atomic mass is 10.0. The van der Waals surface area contributed by atoms with Crippen molar-refractivity contribution in [1.82, 2.24) is 4.90 Å². The maximum Gasteiger partial charge on any atom is 0.241 e. The van der Waals surface area contributed by atoms with Crippen molar-refractivity contribution in [2.24, 2.45) is 5.92 Å². The van der Waals surface area contributed by atoms with Gasteiger partial charge < -0.3 is 10.2 Å². The second-order valence-electron chi connectivity index (χ2n) is 4.13. The van der Waals surface area contributed by atoms with Crippen LogP contribution in [-0.4, -0.2) is 35.7 Å². The average Bonchev–Trinajstić information content (AvgIpc) is 2.29. The Labute approximate surface area is 112 Å². The van der Waals surface area contributed by atoms with E-state index in [1.165, 1.54) is 6.92 Å². The van der Waals surface area contributed by atoms with Crippen LogP contribution in [0.1, 0.15) is 6.92 Å². The molecule has 0 spiro atoms. The molecule has 0 saturated heterocycles. The normalized spacial score (nSPS) is 11.5. The van der Waals surface area contributed by atoms with E-state index in [1.54, 1.807) is 31.1 Å². The van der Waals surface area contributed by atoms with Gasteiger partial charge in [-0.25, -0.2) is 0 Å². The molecule has 96 valence electrons. The highest BCUT2D eigenvalue weighted by atomic mass is 32.1. The number of amides is 1. The number of benzene rings is 1. The molecule has 0 aliphatic carbocycles. The Morgan fingerprint density at radius 1 is 1.22 bits per heavy atom. The molecular formula is C13H16N2O2S. The standard InChI is InChI=1S/C13H16N2O2S/c1-9(16)11(13(18)15(2)3)12(17)14-10-7-5-4-6-8-10/h4-8,11H,1-3H3,(H,14,17). The number of nitrogens with one attached hydrogen (secondary N) is 1. The molecule has 18 heavy (non-hydrogen) atoms. The summed E-state index contributed by atoms with van der Waals surface area (Å²) >= 11 is 5.11. The van der Waals surface area contributed by atoms with E-state index in [4.69, 9.17) is 12.2 Å². The highest BCUT2D eigenvalue weighted by Crippen LogP contribution is 2.11. The Kier molecular flexibility index (Phi) is 4.97. The Balaban J connectivity index is 2.85. The second kappa shape index (κ2) is 6.26. The molecule has 5 heteroatoms. The van der Waals surface area contributed by atoms with Gasteiger partial charge in [0.1, 0.15) is 11.7 Å². The molecule has 0 aliphatic rings. The third kappa shape index (κ3) is 3.63. The molecule has 1 N–H and O–H groups in total. The number of carbonyl (C=O) groups is 2. The smallest absolute Gasteiger partial charge is 0.241 e. The fourth-order valence-electron chi connectivity index (χ4n) is 1.46. The van der Waals surface area contributed by atoms with Crippen LogP contribution in [0.3, 0.4) is 0 Å². The number of thiocarbonyl (C=S) groups is 1. The van der Waals surface area contributed by atoms with Crippen LogP contribution in [0.5, 0.6) is 0 Å². The molecule has 0 bridgehead atoms. The monoisotopic (exact) mass is 264 g/mol. The van der Waals surface area contributed by atoms with Crippen molar-refractivity contribution >= 4 is 34.6 Å². The van der Waals surface area contributed by atoms with Gasteiger partial charge in [-0.1, -0.05) is 30.4 Å². The van der Waals surface area contributed by atoms with Crippen molar-refractivity contribution in [1.29, 1.82) is 0 Å². The number of ketones is 1. The van der Waals surface area contributed by atoms with Crippen LogP contribution < -0.4 is 5.32 Å². The highest BCUT2D eigenvalue weighted by molar-refractivity contribution is 7.80. The van der Waals surface area contributed by atoms with E-state index in [0.29, 0.717) is 10.7 Å². The fraction of sp³-hybridized carbons (Fsp3) is 0.308. The lowest BCUT2D eigenvalue weighted by molar-refractivity contribution is -0.127. The first kappa shape index (κ1) is 14.3. The SMILES string of the molecule is CC(=O)C(C(=O)Nc1ccccc1)C(=S)N(C)C. The molecule has 1 unspecified atom stereocenters. The number of anilines is 1. The average molecular weight is 264 g/mol. The predicted molar refractivity (Wildman–Crippen MR) is 75.5 cm³/mol. The van der Waals surface area contributed by atoms with E-state index < -0.39 is 11.8 Å². The first-order valence-electron chi connectivity index (χ1n) is 5.51. The number of para-hydroxylation sites is 1. The first-order valence-corrected chi connectivity index (χ1v) is 5.92. The topological polar surface area (TPSA) is 49.4 Å². The lowest BCUT2D eigenvalue weighted by Crippen LogP contribution is -2.40. The van der Waals surface area contributed by atoms with E-state index in [2.05, 4.69) is 5.32 Å². The van der Waals surface area contributed by atoms with Gasteiger partial charge in [0.25, 0.3) is 0 Å². The van der Waals surface area contributed by atoms with Crippen molar-refractivity contribution in [3.05, 3.63) is 30.3 Å². The zero-order chi connectivity index (χ0) is 13.7. The maximum atomic E-state index is 12.1. The molecule has 4 nitrogen and oxygen atoms in total. The number of rotatable bonds is 4. The van der Waals surface area contributed by atoms with Crippen molar-refractivity contribution in [2.45, 2.75) is 6.92 Å². The summed E-state index contributed by atoms with van der Waals surface area (Å²) in [7, 11) is 3.43. The molecule has 1 atom stereocenters. The second-order valence-corrected chi connectivity index (χ2v) is 4.55. The van der Waals surface area contributed by atoms with Crippen molar-refractivity contribution < 1.29 is 9.59 Å². The Morgan fingerprint density at radius 3 is 2.22 bits per heavy atom. The summed E-state index contributed by atoms with van der Waals surface area (Å²) < 4.78 is 0. The molecular weight excluding hydrogens is 248 g/mol. The molecule has 1 rings (SSSR count). The van der Waals surface area contributed by atoms with Gasteiger partial charge in [-0.15, -0.1) is 0 Å². The maximum absolute atomic E-state index is 12.1. The van der Waals surface area contributed by atoms with Crippen LogP contribution in [0.4, 0.5) is 5.69 Å². The fourth-order valence-corrected chi connectivity index (χ4v) is 1.74. The molecule has 0 aromatic heterocycles. The minimum absolute atomic E-state index is 0.262. The summed E-state index contributed by atoms with van der Waals surface area (Å²) in [5.41, 5.74) is 0.648. The summed E-state index contributed by atoms with van der Waals surface area (Å²) in [4.78, 5) is 25.5. The Morgan fingerprint density at radius 2 is 1.78 bits per heavy atom. The number of nitrogens with zero attached hydrogens (tertiary/aromatic N) is 1. The van der Waals surface area contributed by atoms with Gasteiger partial charge in [-0.2, -0.15) is 0 Å². The highest BCUT2D eigenvalue weighted by Gasteiger charge is 2.29. The number of hydrogen-bond acceptors (Lipinski definition) is 3. The van der Waals surface area contributed by atoms with Crippen molar-refractivity contribution in [3.8, 4) is 0 Å². The van der Waals surface area contributed by atoms with E-state index in [0.717, 1.165) is 0 Å². The third-order valence-electron chi connectivity index (χ3n) is 2.40. The summed E-state index contributed by atoms with van der Waals surface area (Å²) in [6, 6.07) is 8.98. The van der Waals surface area contributed by atoms with Crippen LogP contribution in [-0.2, 0) is 9.59 Å². The molecule has 0 saturated carbocycles. The number of hydrogen-bond donors (Lipinski definition) is 1. The van der Waals surface area contributed by atoms with Crippen LogP contribution in [0.2, 0.25) is 0 Å². The van der Waals surface area contributed by atoms with E-state index >= 15 is 0 Å². The van der Waals surface area contributed by atoms with Crippen LogP contribution in [0, 0.1) is 5.92 Å². The third-order valence-corrected chi connectivity index (χ3v) is 3.00. The largest absolute Gasteiger partial charge is 0.371 e. The van der Waals surface area contributed by atoms with Crippen molar-refractivity contribution in [2.75, 3.05) is 19.4 Å². The van der Waals surface area contributed by atoms with Crippen molar-refractivity contribution in [3.63, 3.8) is 0 Å². The van der Waals surface area contributed by atoms with E-state index in [9.17, 15) is 9.59 Å². The van der Waals surface area contributed by atoms with Gasteiger partial charge >= 0.3 is 0 Å². The van der Waals surface area contributed by atoms with Gasteiger partial charge in [-0.3, -0.25) is 9.59 Å². The van der Waals surface area contributed by atoms with Crippen LogP contribution in [0.25, 0.3) is 0 Å². The zero-order valence-corrected chi connectivity index (χ0v) is 11.5. The molecule has 0 radical (unpaired) electrons. The summed E-state index contributed by atoms with van der Waals surface area (Å²) in [6.07, 6.45) is 0. The number of carbonyl (C=O) groups excluding carboxylic acids is 2. The minimum Gasteiger partial charge on any atom is -0.371 e. The molecule has 0 aliphatic heterocycles. The number of Topliss-reactive ketones (excluding diaryl/α,β-unsaturated/α-hetero) is 1. The minimum atomic E-state index is -0.921. The molecule has 1 aromatic rings. The Hall–Kier alpha value is -1.75. The van der Waals surface area contributed by atoms with Crippen LogP contribution in [0.15, 0.2) is 30.3 Å². The molecule has 1 aromatic carbocycles. The molecule has 0 fully saturated rings. The van der Waals surface area contributed by atoms with Gasteiger partial charge in [0.05, 0.1) is 4.99 Å². The Bertz CT molecular complexity index is 457. The zero-order valence-electron chi connectivity index (χ0n) is 10.6. The van der Waals surface area contributed by atoms with Gasteiger partial charge in [0.2, 0.25) is 5.91 Å². The predicted octanol–water partition coefficient (Wildman–Crippen LogP) is 1.72. The quantitative estimate of drug-likeness (QED) is 0.664. The lowest BCUT2D eigenvalue weighted by Gasteiger charge is -2.20. The van der Waals surface area contributed by atoms with E-state index in [-0.39, 0.29) is 5.78 Å². The van der Waals surface area contributed by atoms with Gasteiger partial charge in [-0.05, 0) is 19.1 Å². The molecule has 0 heterocycles. The van der Waals surface area contributed by atoms with Crippen LogP contribution >= 0.6 is 12.2 Å². The summed E-state index contributed by atoms with van der Waals surface area (Å²) in [5.74, 6) is -1.58. The van der Waals surface area contributed by atoms with Gasteiger partial charge in [0.15, 0.2) is 0 Å². The first-order chi connectivity index (χ1) is 8.43. The summed E-state index contributed by atoms with van der Waals surface area (Å²) in [6.45, 7) is 1.37. The van der Waals surface area contributed by atoms with Gasteiger partial charge in [0, 0.05) is 19.8 Å². The van der Waals surface area contributed by atoms with E-state index in [1.807, 2.05) is 18.2 Å². The molecule has 1 amide bonds.